The smallest absolute Gasteiger partial charge is 0.0901 e. The standard InChI is InChI=1S/C23H28N4S/c1-17(14-19-4-3-11-24-15-19)25-21-9-12-27(13-10-21)22-7-5-20(6-8-22)23-16-28-18(2)26-23/h3-8,11,15-17,21,25H,9-10,12-14H2,1-2H3. The average Bonchev–Trinajstić information content (AvgIpc) is 3.16. The highest BCUT2D eigenvalue weighted by molar-refractivity contribution is 7.09. The fourth-order valence-electron chi connectivity index (χ4n) is 3.98. The van der Waals surface area contributed by atoms with Crippen LogP contribution in [-0.2, 0) is 6.42 Å². The Labute approximate surface area is 171 Å². The number of pyridine rings is 1. The minimum Gasteiger partial charge on any atom is -0.371 e. The molecule has 146 valence electrons. The van der Waals surface area contributed by atoms with Gasteiger partial charge >= 0.3 is 0 Å². The number of piperidine rings is 1. The Hall–Kier alpha value is -2.24. The van der Waals surface area contributed by atoms with E-state index in [-0.39, 0.29) is 0 Å². The minimum absolute atomic E-state index is 0.474. The number of nitrogens with zero attached hydrogens (tertiary/aromatic N) is 3. The molecule has 0 radical (unpaired) electrons. The molecule has 1 aromatic carbocycles. The Morgan fingerprint density at radius 2 is 1.96 bits per heavy atom. The van der Waals surface area contributed by atoms with Gasteiger partial charge < -0.3 is 10.2 Å². The van der Waals surface area contributed by atoms with Gasteiger partial charge in [0.25, 0.3) is 0 Å². The Morgan fingerprint density at radius 3 is 2.61 bits per heavy atom. The summed E-state index contributed by atoms with van der Waals surface area (Å²) in [7, 11) is 0. The molecule has 1 atom stereocenters. The lowest BCUT2D eigenvalue weighted by molar-refractivity contribution is 0.375. The van der Waals surface area contributed by atoms with E-state index in [1.54, 1.807) is 11.3 Å². The Morgan fingerprint density at radius 1 is 1.18 bits per heavy atom. The molecule has 4 nitrogen and oxygen atoms in total. The van der Waals surface area contributed by atoms with Gasteiger partial charge in [0.2, 0.25) is 0 Å². The number of anilines is 1. The number of rotatable bonds is 6. The normalized spacial score (nSPS) is 16.3. The lowest BCUT2D eigenvalue weighted by Gasteiger charge is -2.35. The molecule has 3 heterocycles. The maximum atomic E-state index is 4.58. The van der Waals surface area contributed by atoms with Gasteiger partial charge in [0, 0.05) is 54.2 Å². The molecule has 1 fully saturated rings. The van der Waals surface area contributed by atoms with Crippen molar-refractivity contribution in [2.75, 3.05) is 18.0 Å². The lowest BCUT2D eigenvalue weighted by Crippen LogP contribution is -2.46. The molecular formula is C23H28N4S. The van der Waals surface area contributed by atoms with Crippen molar-refractivity contribution in [3.63, 3.8) is 0 Å². The SMILES string of the molecule is Cc1nc(-c2ccc(N3CCC(NC(C)Cc4cccnc4)CC3)cc2)cs1. The van der Waals surface area contributed by atoms with E-state index in [0.29, 0.717) is 12.1 Å². The maximum Gasteiger partial charge on any atom is 0.0901 e. The van der Waals surface area contributed by atoms with Gasteiger partial charge in [-0.2, -0.15) is 0 Å². The van der Waals surface area contributed by atoms with Gasteiger partial charge in [-0.15, -0.1) is 11.3 Å². The monoisotopic (exact) mass is 392 g/mol. The van der Waals surface area contributed by atoms with Gasteiger partial charge in [0.15, 0.2) is 0 Å². The number of nitrogens with one attached hydrogen (secondary N) is 1. The molecule has 0 bridgehead atoms. The van der Waals surface area contributed by atoms with E-state index in [1.807, 2.05) is 18.5 Å². The van der Waals surface area contributed by atoms with Crippen molar-refractivity contribution >= 4 is 17.0 Å². The van der Waals surface area contributed by atoms with E-state index >= 15 is 0 Å². The summed E-state index contributed by atoms with van der Waals surface area (Å²) < 4.78 is 0. The van der Waals surface area contributed by atoms with Crippen LogP contribution in [0.4, 0.5) is 5.69 Å². The van der Waals surface area contributed by atoms with Gasteiger partial charge in [0.05, 0.1) is 10.7 Å². The fourth-order valence-corrected chi connectivity index (χ4v) is 4.60. The van der Waals surface area contributed by atoms with Crippen molar-refractivity contribution in [1.29, 1.82) is 0 Å². The van der Waals surface area contributed by atoms with Gasteiger partial charge in [0.1, 0.15) is 0 Å². The Kier molecular flexibility index (Phi) is 6.03. The van der Waals surface area contributed by atoms with E-state index in [0.717, 1.165) is 30.2 Å². The summed E-state index contributed by atoms with van der Waals surface area (Å²) in [5, 5.41) is 7.06. The topological polar surface area (TPSA) is 41.1 Å². The second kappa shape index (κ2) is 8.84. The van der Waals surface area contributed by atoms with Gasteiger partial charge in [-0.3, -0.25) is 4.98 Å². The summed E-state index contributed by atoms with van der Waals surface area (Å²) >= 11 is 1.70. The van der Waals surface area contributed by atoms with Crippen LogP contribution in [0.25, 0.3) is 11.3 Å². The molecule has 2 aromatic heterocycles. The number of benzene rings is 1. The molecule has 28 heavy (non-hydrogen) atoms. The first kappa shape index (κ1) is 19.1. The molecule has 4 rings (SSSR count). The second-order valence-electron chi connectivity index (χ2n) is 7.69. The average molecular weight is 393 g/mol. The molecule has 0 saturated carbocycles. The first-order chi connectivity index (χ1) is 13.7. The van der Waals surface area contributed by atoms with Crippen molar-refractivity contribution in [3.8, 4) is 11.3 Å². The summed E-state index contributed by atoms with van der Waals surface area (Å²) in [5.41, 5.74) is 4.90. The third-order valence-corrected chi connectivity index (χ3v) is 6.20. The number of hydrogen-bond acceptors (Lipinski definition) is 5. The zero-order valence-electron chi connectivity index (χ0n) is 16.6. The summed E-state index contributed by atoms with van der Waals surface area (Å²) in [4.78, 5) is 11.3. The Balaban J connectivity index is 1.28. The van der Waals surface area contributed by atoms with Crippen LogP contribution in [0.2, 0.25) is 0 Å². The van der Waals surface area contributed by atoms with Crippen LogP contribution >= 0.6 is 11.3 Å². The molecule has 0 spiro atoms. The predicted molar refractivity (Wildman–Crippen MR) is 118 cm³/mol. The lowest BCUT2D eigenvalue weighted by atomic mass is 10.0. The quantitative estimate of drug-likeness (QED) is 0.660. The summed E-state index contributed by atoms with van der Waals surface area (Å²) in [6.07, 6.45) is 7.21. The molecule has 1 aliphatic heterocycles. The van der Waals surface area contributed by atoms with Crippen molar-refractivity contribution in [3.05, 3.63) is 64.7 Å². The zero-order valence-corrected chi connectivity index (χ0v) is 17.5. The van der Waals surface area contributed by atoms with E-state index in [4.69, 9.17) is 0 Å². The minimum atomic E-state index is 0.474. The summed E-state index contributed by atoms with van der Waals surface area (Å²) in [6.45, 7) is 6.54. The molecule has 5 heteroatoms. The first-order valence-electron chi connectivity index (χ1n) is 10.1. The highest BCUT2D eigenvalue weighted by atomic mass is 32.1. The molecule has 1 N–H and O–H groups in total. The van der Waals surface area contributed by atoms with E-state index in [9.17, 15) is 0 Å². The highest BCUT2D eigenvalue weighted by Gasteiger charge is 2.21. The molecule has 0 aliphatic carbocycles. The fraction of sp³-hybridized carbons (Fsp3) is 0.391. The van der Waals surface area contributed by atoms with Gasteiger partial charge in [-0.1, -0.05) is 18.2 Å². The highest BCUT2D eigenvalue weighted by Crippen LogP contribution is 2.26. The second-order valence-corrected chi connectivity index (χ2v) is 8.76. The summed E-state index contributed by atoms with van der Waals surface area (Å²) in [5.74, 6) is 0. The molecule has 1 aliphatic rings. The van der Waals surface area contributed by atoms with E-state index in [1.165, 1.54) is 29.7 Å². The molecule has 3 aromatic rings. The van der Waals surface area contributed by atoms with Crippen LogP contribution in [0.1, 0.15) is 30.3 Å². The van der Waals surface area contributed by atoms with Crippen molar-refractivity contribution in [2.45, 2.75) is 45.2 Å². The number of aromatic nitrogens is 2. The first-order valence-corrected chi connectivity index (χ1v) is 11.0. The van der Waals surface area contributed by atoms with Crippen LogP contribution in [0, 0.1) is 6.92 Å². The Bertz CT molecular complexity index is 867. The van der Waals surface area contributed by atoms with Gasteiger partial charge in [-0.25, -0.2) is 4.98 Å². The van der Waals surface area contributed by atoms with Crippen molar-refractivity contribution in [2.24, 2.45) is 0 Å². The molecule has 1 saturated heterocycles. The van der Waals surface area contributed by atoms with Crippen LogP contribution in [0.3, 0.4) is 0 Å². The number of aryl methyl sites for hydroxylation is 1. The maximum absolute atomic E-state index is 4.58. The number of hydrogen-bond donors (Lipinski definition) is 1. The van der Waals surface area contributed by atoms with Crippen LogP contribution < -0.4 is 10.2 Å². The van der Waals surface area contributed by atoms with Crippen LogP contribution in [-0.4, -0.2) is 35.1 Å². The molecule has 1 unspecified atom stereocenters. The van der Waals surface area contributed by atoms with E-state index in [2.05, 4.69) is 69.7 Å². The summed E-state index contributed by atoms with van der Waals surface area (Å²) in [6, 6.07) is 14.1. The van der Waals surface area contributed by atoms with Crippen LogP contribution in [0.15, 0.2) is 54.2 Å². The molecular weight excluding hydrogens is 364 g/mol. The van der Waals surface area contributed by atoms with Gasteiger partial charge in [-0.05, 0) is 56.9 Å². The number of thiazole rings is 1. The van der Waals surface area contributed by atoms with Crippen molar-refractivity contribution in [1.82, 2.24) is 15.3 Å². The molecule has 0 amide bonds. The van der Waals surface area contributed by atoms with Crippen molar-refractivity contribution < 1.29 is 0 Å². The predicted octanol–water partition coefficient (Wildman–Crippen LogP) is 4.70. The third kappa shape index (κ3) is 4.78. The third-order valence-electron chi connectivity index (χ3n) is 5.43. The van der Waals surface area contributed by atoms with Crippen LogP contribution in [0.5, 0.6) is 0 Å². The zero-order chi connectivity index (χ0) is 19.3. The van der Waals surface area contributed by atoms with E-state index < -0.39 is 0 Å². The largest absolute Gasteiger partial charge is 0.371 e.